The van der Waals surface area contributed by atoms with Crippen LogP contribution < -0.4 is 5.32 Å². The summed E-state index contributed by atoms with van der Waals surface area (Å²) in [6.07, 6.45) is 0. The second kappa shape index (κ2) is 7.18. The number of para-hydroxylation sites is 1. The van der Waals surface area contributed by atoms with Crippen molar-refractivity contribution >= 4 is 27.4 Å². The molecule has 3 aromatic carbocycles. The maximum atomic E-state index is 13.7. The first-order valence-electron chi connectivity index (χ1n) is 8.43. The molecule has 1 unspecified atom stereocenters. The number of amidine groups is 1. The number of hydrogen-bond acceptors (Lipinski definition) is 1. The molecular weight excluding hydrogens is 343 g/mol. The molecule has 0 saturated heterocycles. The molecule has 2 nitrogen and oxygen atoms in total. The molecule has 1 aliphatic heterocycles. The van der Waals surface area contributed by atoms with Gasteiger partial charge in [-0.1, -0.05) is 48.0 Å². The maximum absolute atomic E-state index is 13.7. The maximum Gasteiger partial charge on any atom is 0.153 e. The summed E-state index contributed by atoms with van der Waals surface area (Å²) in [5, 5.41) is 6.52. The van der Waals surface area contributed by atoms with Crippen LogP contribution in [0, 0.1) is 12.7 Å². The van der Waals surface area contributed by atoms with E-state index in [9.17, 15) is 4.39 Å². The molecule has 1 aliphatic rings. The van der Waals surface area contributed by atoms with Crippen molar-refractivity contribution in [3.8, 4) is 0 Å². The average Bonchev–Trinajstić information content (AvgIpc) is 3.06. The van der Waals surface area contributed by atoms with Crippen molar-refractivity contribution in [3.63, 3.8) is 0 Å². The number of thiol groups is 1. The minimum Gasteiger partial charge on any atom is -0.335 e. The Labute approximate surface area is 155 Å². The molecule has 4 heteroatoms. The first kappa shape index (κ1) is 16.6. The van der Waals surface area contributed by atoms with E-state index in [1.807, 2.05) is 36.4 Å². The van der Waals surface area contributed by atoms with Gasteiger partial charge in [0.1, 0.15) is 5.82 Å². The van der Waals surface area contributed by atoms with Gasteiger partial charge in [-0.3, -0.25) is 0 Å². The standard InChI is InChI=1S/C22H19FN2S/c1-16-7-5-12-20(13-16)26-15-21(17-8-6-9-18(23)14-17)25-22(26)24-19-10-3-2-4-11-19/h2-15,26H,1H3,(H,24,25). The van der Waals surface area contributed by atoms with Crippen LogP contribution in [0.3, 0.4) is 0 Å². The molecule has 0 aromatic heterocycles. The van der Waals surface area contributed by atoms with Crippen LogP contribution in [-0.2, 0) is 0 Å². The van der Waals surface area contributed by atoms with Crippen molar-refractivity contribution in [1.82, 2.24) is 5.32 Å². The highest BCUT2D eigenvalue weighted by Gasteiger charge is 2.22. The van der Waals surface area contributed by atoms with E-state index in [1.54, 1.807) is 12.1 Å². The molecule has 1 atom stereocenters. The van der Waals surface area contributed by atoms with E-state index in [1.165, 1.54) is 16.5 Å². The third-order valence-corrected chi connectivity index (χ3v) is 6.16. The number of nitrogens with zero attached hydrogens (tertiary/aromatic N) is 1. The molecular formula is C22H19FN2S. The van der Waals surface area contributed by atoms with Gasteiger partial charge in [0.2, 0.25) is 0 Å². The summed E-state index contributed by atoms with van der Waals surface area (Å²) < 4.78 is 13.7. The molecule has 0 aliphatic carbocycles. The van der Waals surface area contributed by atoms with Crippen molar-refractivity contribution in [2.75, 3.05) is 0 Å². The van der Waals surface area contributed by atoms with Gasteiger partial charge >= 0.3 is 0 Å². The highest BCUT2D eigenvalue weighted by atomic mass is 32.2. The molecule has 1 heterocycles. The summed E-state index contributed by atoms with van der Waals surface area (Å²) in [5.41, 5.74) is 3.87. The Morgan fingerprint density at radius 3 is 2.46 bits per heavy atom. The Hall–Kier alpha value is -2.85. The summed E-state index contributed by atoms with van der Waals surface area (Å²) in [6, 6.07) is 25.0. The van der Waals surface area contributed by atoms with E-state index in [0.29, 0.717) is 0 Å². The first-order chi connectivity index (χ1) is 12.7. The van der Waals surface area contributed by atoms with Crippen LogP contribution in [0.1, 0.15) is 11.1 Å². The fourth-order valence-corrected chi connectivity index (χ4v) is 4.93. The lowest BCUT2D eigenvalue weighted by atomic mass is 10.2. The van der Waals surface area contributed by atoms with Crippen molar-refractivity contribution in [2.24, 2.45) is 4.99 Å². The Bertz CT molecular complexity index is 996. The monoisotopic (exact) mass is 362 g/mol. The largest absolute Gasteiger partial charge is 0.335 e. The number of hydrogen-bond donors (Lipinski definition) is 2. The van der Waals surface area contributed by atoms with Crippen molar-refractivity contribution < 1.29 is 4.39 Å². The van der Waals surface area contributed by atoms with Gasteiger partial charge in [-0.25, -0.2) is 9.38 Å². The first-order valence-corrected chi connectivity index (χ1v) is 9.84. The normalized spacial score (nSPS) is 19.2. The highest BCUT2D eigenvalue weighted by Crippen LogP contribution is 2.45. The highest BCUT2D eigenvalue weighted by molar-refractivity contribution is 8.32. The lowest BCUT2D eigenvalue weighted by molar-refractivity contribution is 0.627. The number of benzene rings is 3. The Morgan fingerprint density at radius 1 is 0.885 bits per heavy atom. The molecule has 0 spiro atoms. The second-order valence-electron chi connectivity index (χ2n) is 6.16. The van der Waals surface area contributed by atoms with Crippen LogP contribution in [0.2, 0.25) is 0 Å². The van der Waals surface area contributed by atoms with Crippen LogP contribution in [0.5, 0.6) is 0 Å². The molecule has 0 bridgehead atoms. The van der Waals surface area contributed by atoms with Crippen LogP contribution in [-0.4, -0.2) is 5.17 Å². The zero-order chi connectivity index (χ0) is 17.9. The molecule has 130 valence electrons. The Morgan fingerprint density at radius 2 is 1.69 bits per heavy atom. The number of halogens is 1. The van der Waals surface area contributed by atoms with Gasteiger partial charge < -0.3 is 5.32 Å². The lowest BCUT2D eigenvalue weighted by Gasteiger charge is -2.15. The number of aryl methyl sites for hydroxylation is 1. The molecule has 0 fully saturated rings. The van der Waals surface area contributed by atoms with E-state index in [-0.39, 0.29) is 5.82 Å². The van der Waals surface area contributed by atoms with Gasteiger partial charge in [0.05, 0.1) is 11.4 Å². The molecule has 0 saturated carbocycles. The molecule has 0 radical (unpaired) electrons. The third kappa shape index (κ3) is 3.55. The van der Waals surface area contributed by atoms with Gasteiger partial charge in [-0.05, 0) is 53.6 Å². The molecule has 1 N–H and O–H groups in total. The van der Waals surface area contributed by atoms with E-state index >= 15 is 0 Å². The summed E-state index contributed by atoms with van der Waals surface area (Å²) >= 11 is 0. The average molecular weight is 362 g/mol. The van der Waals surface area contributed by atoms with E-state index in [2.05, 4.69) is 41.9 Å². The molecule has 26 heavy (non-hydrogen) atoms. The number of rotatable bonds is 3. The van der Waals surface area contributed by atoms with Crippen LogP contribution in [0.4, 0.5) is 10.1 Å². The predicted molar refractivity (Wildman–Crippen MR) is 109 cm³/mol. The van der Waals surface area contributed by atoms with E-state index in [4.69, 9.17) is 4.99 Å². The minimum absolute atomic E-state index is 0.237. The quantitative estimate of drug-likeness (QED) is 0.567. The minimum atomic E-state index is -0.762. The fraction of sp³-hybridized carbons (Fsp3) is 0.0455. The Balaban J connectivity index is 1.77. The predicted octanol–water partition coefficient (Wildman–Crippen LogP) is 5.78. The smallest absolute Gasteiger partial charge is 0.153 e. The summed E-state index contributed by atoms with van der Waals surface area (Å²) in [6.45, 7) is 2.09. The van der Waals surface area contributed by atoms with E-state index < -0.39 is 10.9 Å². The van der Waals surface area contributed by atoms with Crippen molar-refractivity contribution in [2.45, 2.75) is 11.8 Å². The third-order valence-electron chi connectivity index (χ3n) is 4.14. The second-order valence-corrected chi connectivity index (χ2v) is 8.10. The fourth-order valence-electron chi connectivity index (χ4n) is 2.89. The Kier molecular flexibility index (Phi) is 4.59. The summed E-state index contributed by atoms with van der Waals surface area (Å²) in [7, 11) is -0.762. The van der Waals surface area contributed by atoms with Crippen LogP contribution in [0.15, 0.2) is 94.2 Å². The molecule has 4 rings (SSSR count). The van der Waals surface area contributed by atoms with Gasteiger partial charge in [0, 0.05) is 5.56 Å². The SMILES string of the molecule is Cc1cccc([SH]2C=C(c3cccc(F)c3)NC2=Nc2ccccc2)c1. The number of nitrogens with one attached hydrogen (secondary N) is 1. The molecule has 0 amide bonds. The zero-order valence-corrected chi connectivity index (χ0v) is 15.2. The van der Waals surface area contributed by atoms with Crippen molar-refractivity contribution in [1.29, 1.82) is 0 Å². The lowest BCUT2D eigenvalue weighted by Crippen LogP contribution is -2.15. The molecule has 3 aromatic rings. The number of aliphatic imine (C=N–C) groups is 1. The van der Waals surface area contributed by atoms with Crippen molar-refractivity contribution in [3.05, 3.63) is 101 Å². The van der Waals surface area contributed by atoms with Gasteiger partial charge in [-0.15, -0.1) is 10.9 Å². The topological polar surface area (TPSA) is 24.4 Å². The van der Waals surface area contributed by atoms with E-state index in [0.717, 1.165) is 22.1 Å². The zero-order valence-electron chi connectivity index (χ0n) is 14.4. The van der Waals surface area contributed by atoms with Gasteiger partial charge in [-0.2, -0.15) is 0 Å². The summed E-state index contributed by atoms with van der Waals surface area (Å²) in [4.78, 5) is 6.06. The van der Waals surface area contributed by atoms with Crippen LogP contribution >= 0.6 is 10.9 Å². The van der Waals surface area contributed by atoms with Gasteiger partial charge in [0.15, 0.2) is 5.17 Å². The van der Waals surface area contributed by atoms with Gasteiger partial charge in [0.25, 0.3) is 0 Å². The van der Waals surface area contributed by atoms with Crippen LogP contribution in [0.25, 0.3) is 5.70 Å². The summed E-state index contributed by atoms with van der Waals surface area (Å²) in [5.74, 6) is -0.237.